The first kappa shape index (κ1) is 29.0. The molecule has 1 fully saturated rings. The number of rotatable bonds is 8. The Morgan fingerprint density at radius 1 is 1.05 bits per heavy atom. The molecule has 2 aromatic carbocycles. The summed E-state index contributed by atoms with van der Waals surface area (Å²) in [4.78, 5) is 56.4. The summed E-state index contributed by atoms with van der Waals surface area (Å²) in [5, 5.41) is 10.9. The molecule has 1 aliphatic carbocycles. The van der Waals surface area contributed by atoms with E-state index < -0.39 is 45.5 Å². The Morgan fingerprint density at radius 3 is 2.31 bits per heavy atom. The Balaban J connectivity index is 1.57. The van der Waals surface area contributed by atoms with Gasteiger partial charge in [-0.25, -0.2) is 9.59 Å². The van der Waals surface area contributed by atoms with E-state index in [9.17, 15) is 37.3 Å². The molecule has 1 unspecified atom stereocenters. The van der Waals surface area contributed by atoms with Crippen molar-refractivity contribution in [2.24, 2.45) is 0 Å². The second-order valence-electron chi connectivity index (χ2n) is 10.3. The van der Waals surface area contributed by atoms with Crippen molar-refractivity contribution in [1.82, 2.24) is 5.06 Å². The van der Waals surface area contributed by atoms with Crippen LogP contribution < -0.4 is 4.90 Å². The second kappa shape index (κ2) is 11.0. The Hall–Kier alpha value is -4.55. The summed E-state index contributed by atoms with van der Waals surface area (Å²) in [6.45, 7) is 3.76. The SMILES string of the molecule is Cc1cc(C(=O)ON2C(=O)CCC2=O)cc(C)c1C1C=CC=C2C1=C(C(=O)O)c1ccccc1N2CCCS(=O)(=O)O. The van der Waals surface area contributed by atoms with Crippen molar-refractivity contribution in [3.63, 3.8) is 0 Å². The number of amides is 2. The van der Waals surface area contributed by atoms with Gasteiger partial charge in [0.15, 0.2) is 0 Å². The minimum atomic E-state index is -4.19. The summed E-state index contributed by atoms with van der Waals surface area (Å²) < 4.78 is 32.1. The lowest BCUT2D eigenvalue weighted by Crippen LogP contribution is -2.34. The van der Waals surface area contributed by atoms with Gasteiger partial charge in [-0.15, -0.1) is 5.06 Å². The van der Waals surface area contributed by atoms with Crippen LogP contribution in [0.4, 0.5) is 5.69 Å². The molecule has 2 amide bonds. The zero-order chi connectivity index (χ0) is 30.3. The number of fused-ring (bicyclic) bond motifs is 2. The molecular weight excluding hydrogens is 564 g/mol. The molecule has 0 radical (unpaired) electrons. The van der Waals surface area contributed by atoms with Crippen molar-refractivity contribution < 1.29 is 42.1 Å². The van der Waals surface area contributed by atoms with Gasteiger partial charge < -0.3 is 14.8 Å². The number of imide groups is 1. The van der Waals surface area contributed by atoms with Crippen LogP contribution >= 0.6 is 0 Å². The fourth-order valence-corrected chi connectivity index (χ4v) is 6.30. The van der Waals surface area contributed by atoms with Crippen LogP contribution in [0.25, 0.3) is 5.57 Å². The van der Waals surface area contributed by atoms with Gasteiger partial charge in [-0.1, -0.05) is 30.4 Å². The van der Waals surface area contributed by atoms with E-state index in [2.05, 4.69) is 0 Å². The molecule has 12 heteroatoms. The number of para-hydroxylation sites is 1. The Kier molecular flexibility index (Phi) is 7.60. The van der Waals surface area contributed by atoms with Gasteiger partial charge in [-0.3, -0.25) is 14.1 Å². The van der Waals surface area contributed by atoms with E-state index in [0.29, 0.717) is 38.7 Å². The summed E-state index contributed by atoms with van der Waals surface area (Å²) in [5.74, 6) is -4.16. The summed E-state index contributed by atoms with van der Waals surface area (Å²) in [7, 11) is -4.19. The Bertz CT molecular complexity index is 1700. The van der Waals surface area contributed by atoms with E-state index in [1.165, 1.54) is 0 Å². The molecule has 2 aromatic rings. The van der Waals surface area contributed by atoms with E-state index in [0.717, 1.165) is 5.56 Å². The number of aryl methyl sites for hydroxylation is 2. The number of benzene rings is 2. The second-order valence-corrected chi connectivity index (χ2v) is 11.9. The van der Waals surface area contributed by atoms with E-state index in [1.54, 1.807) is 62.4 Å². The maximum atomic E-state index is 12.9. The van der Waals surface area contributed by atoms with Crippen LogP contribution in [0, 0.1) is 13.8 Å². The monoisotopic (exact) mass is 592 g/mol. The average molecular weight is 593 g/mol. The number of allylic oxidation sites excluding steroid dienone is 4. The van der Waals surface area contributed by atoms with Crippen LogP contribution in [0.15, 0.2) is 65.9 Å². The molecule has 0 spiro atoms. The molecule has 0 bridgehead atoms. The standard InChI is InChI=1S/C30H28N2O9S/c1-17-15-19(30(37)41-32-24(33)11-12-25(32)34)16-18(2)26(17)21-8-5-10-23-27(21)28(29(35)36)20-7-3-4-9-22(20)31(23)13-6-14-42(38,39)40/h3-5,7-10,15-16,21H,6,11-14H2,1-2H3,(H,35,36)(H,38,39,40). The number of carbonyl (C=O) groups excluding carboxylic acids is 3. The van der Waals surface area contributed by atoms with Crippen molar-refractivity contribution in [2.45, 2.75) is 39.0 Å². The predicted molar refractivity (Wildman–Crippen MR) is 152 cm³/mol. The molecule has 1 saturated heterocycles. The molecule has 2 N–H and O–H groups in total. The molecule has 2 aliphatic heterocycles. The van der Waals surface area contributed by atoms with Gasteiger partial charge in [-0.05, 0) is 61.2 Å². The Morgan fingerprint density at radius 2 is 1.69 bits per heavy atom. The number of carbonyl (C=O) groups is 4. The highest BCUT2D eigenvalue weighted by Gasteiger charge is 2.38. The number of carboxylic acid groups (broad SMARTS) is 1. The highest BCUT2D eigenvalue weighted by atomic mass is 32.2. The molecule has 5 rings (SSSR count). The van der Waals surface area contributed by atoms with Gasteiger partial charge in [0.05, 0.1) is 16.9 Å². The van der Waals surface area contributed by atoms with Gasteiger partial charge in [0, 0.05) is 47.8 Å². The number of hydrogen-bond donors (Lipinski definition) is 2. The number of aliphatic carboxylic acids is 1. The van der Waals surface area contributed by atoms with Gasteiger partial charge in [0.25, 0.3) is 21.9 Å². The first-order valence-corrected chi connectivity index (χ1v) is 14.9. The highest BCUT2D eigenvalue weighted by molar-refractivity contribution is 7.85. The minimum absolute atomic E-state index is 0.0239. The molecule has 1 atom stereocenters. The fraction of sp³-hybridized carbons (Fsp3) is 0.267. The quantitative estimate of drug-likeness (QED) is 0.342. The normalized spacial score (nSPS) is 18.2. The maximum absolute atomic E-state index is 12.9. The third kappa shape index (κ3) is 5.38. The fourth-order valence-electron chi connectivity index (χ4n) is 5.81. The third-order valence-corrected chi connectivity index (χ3v) is 8.29. The maximum Gasteiger partial charge on any atom is 0.363 e. The first-order chi connectivity index (χ1) is 19.9. The molecule has 3 aliphatic rings. The minimum Gasteiger partial charge on any atom is -0.478 e. The largest absolute Gasteiger partial charge is 0.478 e. The predicted octanol–water partition coefficient (Wildman–Crippen LogP) is 3.70. The van der Waals surface area contributed by atoms with Crippen LogP contribution in [0.2, 0.25) is 0 Å². The average Bonchev–Trinajstić information content (AvgIpc) is 3.23. The van der Waals surface area contributed by atoms with Crippen LogP contribution in [0.1, 0.15) is 57.8 Å². The van der Waals surface area contributed by atoms with Gasteiger partial charge in [0.1, 0.15) is 0 Å². The van der Waals surface area contributed by atoms with Crippen molar-refractivity contribution in [2.75, 3.05) is 17.2 Å². The van der Waals surface area contributed by atoms with Gasteiger partial charge >= 0.3 is 11.9 Å². The first-order valence-electron chi connectivity index (χ1n) is 13.2. The molecule has 42 heavy (non-hydrogen) atoms. The molecule has 0 aromatic heterocycles. The van der Waals surface area contributed by atoms with Crippen LogP contribution in [0.3, 0.4) is 0 Å². The van der Waals surface area contributed by atoms with Crippen LogP contribution in [-0.4, -0.2) is 59.2 Å². The van der Waals surface area contributed by atoms with Crippen LogP contribution in [0.5, 0.6) is 0 Å². The number of nitrogens with zero attached hydrogens (tertiary/aromatic N) is 2. The number of hydroxylamine groups is 2. The summed E-state index contributed by atoms with van der Waals surface area (Å²) >= 11 is 0. The lowest BCUT2D eigenvalue weighted by atomic mass is 9.75. The van der Waals surface area contributed by atoms with Crippen molar-refractivity contribution >= 4 is 45.1 Å². The summed E-state index contributed by atoms with van der Waals surface area (Å²) in [6, 6.07) is 10.1. The zero-order valence-corrected chi connectivity index (χ0v) is 23.7. The van der Waals surface area contributed by atoms with E-state index in [4.69, 9.17) is 4.84 Å². The van der Waals surface area contributed by atoms with Crippen molar-refractivity contribution in [3.8, 4) is 0 Å². The van der Waals surface area contributed by atoms with Gasteiger partial charge in [-0.2, -0.15) is 8.42 Å². The lowest BCUT2D eigenvalue weighted by molar-refractivity contribution is -0.172. The summed E-state index contributed by atoms with van der Waals surface area (Å²) in [6.07, 6.45) is 5.50. The Labute approximate surface area is 242 Å². The number of anilines is 1. The topological polar surface area (TPSA) is 159 Å². The summed E-state index contributed by atoms with van der Waals surface area (Å²) in [5.41, 5.74) is 4.47. The third-order valence-electron chi connectivity index (χ3n) is 7.49. The molecule has 0 saturated carbocycles. The van der Waals surface area contributed by atoms with E-state index in [-0.39, 0.29) is 36.9 Å². The van der Waals surface area contributed by atoms with Crippen molar-refractivity contribution in [3.05, 3.63) is 93.7 Å². The zero-order valence-electron chi connectivity index (χ0n) is 22.9. The van der Waals surface area contributed by atoms with Gasteiger partial charge in [0.2, 0.25) is 0 Å². The molecule has 11 nitrogen and oxygen atoms in total. The lowest BCUT2D eigenvalue weighted by Gasteiger charge is -2.40. The van der Waals surface area contributed by atoms with E-state index in [1.807, 2.05) is 11.0 Å². The smallest absolute Gasteiger partial charge is 0.363 e. The molecule has 218 valence electrons. The van der Waals surface area contributed by atoms with E-state index >= 15 is 0 Å². The van der Waals surface area contributed by atoms with Crippen molar-refractivity contribution in [1.29, 1.82) is 0 Å². The number of carboxylic acids is 1. The number of hydrogen-bond acceptors (Lipinski definition) is 8. The van der Waals surface area contributed by atoms with Crippen LogP contribution in [-0.2, 0) is 29.3 Å². The molecular formula is C30H28N2O9S. The molecule has 2 heterocycles. The highest BCUT2D eigenvalue weighted by Crippen LogP contribution is 2.49.